The molecule has 0 saturated carbocycles. The van der Waals surface area contributed by atoms with Crippen molar-refractivity contribution in [2.75, 3.05) is 26.4 Å². The van der Waals surface area contributed by atoms with E-state index >= 15 is 0 Å². The van der Waals surface area contributed by atoms with Gasteiger partial charge in [-0.05, 0) is 38.5 Å². The summed E-state index contributed by atoms with van der Waals surface area (Å²) in [7, 11) is -4.65. The minimum absolute atomic E-state index is 0.00715. The zero-order chi connectivity index (χ0) is 39.5. The number of hydrogen-bond donors (Lipinski definition) is 3. The second-order valence-electron chi connectivity index (χ2n) is 13.7. The average Bonchev–Trinajstić information content (AvgIpc) is 3.91. The summed E-state index contributed by atoms with van der Waals surface area (Å²) in [6, 6.07) is 0. The van der Waals surface area contributed by atoms with Gasteiger partial charge < -0.3 is 29.3 Å². The van der Waals surface area contributed by atoms with Crippen LogP contribution in [0.3, 0.4) is 0 Å². The summed E-state index contributed by atoms with van der Waals surface area (Å²) in [6.07, 6.45) is 37.9. The Morgan fingerprint density at radius 3 is 1.93 bits per heavy atom. The van der Waals surface area contributed by atoms with E-state index in [1.807, 2.05) is 30.4 Å². The van der Waals surface area contributed by atoms with Crippen LogP contribution in [0.5, 0.6) is 0 Å². The first-order valence-corrected chi connectivity index (χ1v) is 21.9. The number of phosphoric acid groups is 1. The maximum absolute atomic E-state index is 12.6. The lowest BCUT2D eigenvalue weighted by atomic mass is 10.0. The van der Waals surface area contributed by atoms with Gasteiger partial charge in [0, 0.05) is 12.8 Å². The number of carbonyl (C=O) groups excluding carboxylic acids is 2. The fourth-order valence-corrected chi connectivity index (χ4v) is 6.22. The molecule has 11 nitrogen and oxygen atoms in total. The SMILES string of the molecule is CC/C=C\C/C=C\C\C=C/C=C/C=C/C1OC1CCCC(=O)OC(COC(=O)CCCCCCCCCCCCCCC)COP(=O)(O)OCC(O)CO. The third-order valence-electron chi connectivity index (χ3n) is 8.65. The van der Waals surface area contributed by atoms with Gasteiger partial charge in [-0.1, -0.05) is 152 Å². The van der Waals surface area contributed by atoms with Crippen LogP contribution in [0.1, 0.15) is 142 Å². The first-order valence-electron chi connectivity index (χ1n) is 20.4. The first-order chi connectivity index (χ1) is 26.2. The molecule has 1 aliphatic rings. The molecule has 0 radical (unpaired) electrons. The number of aliphatic hydroxyl groups excluding tert-OH is 2. The van der Waals surface area contributed by atoms with Crippen LogP contribution in [-0.2, 0) is 37.4 Å². The van der Waals surface area contributed by atoms with Crippen molar-refractivity contribution in [2.24, 2.45) is 0 Å². The molecule has 0 spiro atoms. The molecule has 0 aliphatic carbocycles. The van der Waals surface area contributed by atoms with Crippen molar-refractivity contribution in [2.45, 2.75) is 167 Å². The molecule has 1 rings (SSSR count). The van der Waals surface area contributed by atoms with Gasteiger partial charge in [0.25, 0.3) is 0 Å². The monoisotopic (exact) mass is 782 g/mol. The number of unbranched alkanes of at least 4 members (excludes halogenated alkanes) is 12. The molecule has 1 heterocycles. The molecule has 1 fully saturated rings. The highest BCUT2D eigenvalue weighted by Crippen LogP contribution is 2.43. The highest BCUT2D eigenvalue weighted by atomic mass is 31.2. The summed E-state index contributed by atoms with van der Waals surface area (Å²) in [5.74, 6) is -1.03. The van der Waals surface area contributed by atoms with E-state index in [2.05, 4.69) is 48.8 Å². The second kappa shape index (κ2) is 33.9. The van der Waals surface area contributed by atoms with E-state index in [-0.39, 0.29) is 31.7 Å². The van der Waals surface area contributed by atoms with Crippen molar-refractivity contribution in [3.8, 4) is 0 Å². The lowest BCUT2D eigenvalue weighted by molar-refractivity contribution is -0.161. The molecule has 5 atom stereocenters. The topological polar surface area (TPSA) is 161 Å². The molecular weight excluding hydrogens is 711 g/mol. The van der Waals surface area contributed by atoms with Crippen molar-refractivity contribution in [1.82, 2.24) is 0 Å². The van der Waals surface area contributed by atoms with E-state index in [4.69, 9.17) is 23.8 Å². The van der Waals surface area contributed by atoms with Crippen molar-refractivity contribution in [3.63, 3.8) is 0 Å². The average molecular weight is 783 g/mol. The normalized spacial score (nSPS) is 18.3. The molecule has 1 aliphatic heterocycles. The Bertz CT molecular complexity index is 1150. The Balaban J connectivity index is 2.37. The first kappa shape index (κ1) is 49.6. The molecule has 0 aromatic rings. The van der Waals surface area contributed by atoms with Gasteiger partial charge in [-0.3, -0.25) is 18.6 Å². The van der Waals surface area contributed by atoms with E-state index in [1.165, 1.54) is 57.8 Å². The molecule has 0 bridgehead atoms. The predicted molar refractivity (Wildman–Crippen MR) is 214 cm³/mol. The predicted octanol–water partition coefficient (Wildman–Crippen LogP) is 9.32. The van der Waals surface area contributed by atoms with Crippen LogP contribution in [-0.4, -0.2) is 77.9 Å². The van der Waals surface area contributed by atoms with Crippen molar-refractivity contribution < 1.29 is 52.5 Å². The number of allylic oxidation sites excluding steroid dienone is 9. The number of epoxide rings is 1. The van der Waals surface area contributed by atoms with Crippen molar-refractivity contribution >= 4 is 19.8 Å². The lowest BCUT2D eigenvalue weighted by Gasteiger charge is -2.20. The molecular formula is C42H71O11P. The standard InChI is InChI=1S/C42H71O11P/c1-3-5-7-9-11-13-15-17-19-21-23-25-27-31-41(45)49-35-38(36-51-54(47,48)50-34-37(44)33-43)52-42(46)32-28-30-40-39(53-40)29-26-24-22-20-18-16-14-12-10-8-6-4-2/h6,8,12,14,18,20,22,24,26,29,37-40,43-44H,3-5,7,9-11,13,15-17,19,21,23,25,27-28,30-36H2,1-2H3,(H,47,48)/b8-6-,14-12-,20-18-,24-22+,29-26+. The van der Waals surface area contributed by atoms with E-state index in [0.29, 0.717) is 19.3 Å². The quantitative estimate of drug-likeness (QED) is 0.0139. The fraction of sp³-hybridized carbons (Fsp3) is 0.714. The molecule has 0 aromatic heterocycles. The van der Waals surface area contributed by atoms with Crippen molar-refractivity contribution in [1.29, 1.82) is 0 Å². The number of aliphatic hydroxyl groups is 2. The highest BCUT2D eigenvalue weighted by molar-refractivity contribution is 7.47. The van der Waals surface area contributed by atoms with Crippen LogP contribution in [0.2, 0.25) is 0 Å². The Hall–Kier alpha value is -2.37. The summed E-state index contributed by atoms with van der Waals surface area (Å²) in [4.78, 5) is 35.0. The van der Waals surface area contributed by atoms with Gasteiger partial charge in [-0.2, -0.15) is 0 Å². The van der Waals surface area contributed by atoms with E-state index in [9.17, 15) is 24.2 Å². The van der Waals surface area contributed by atoms with Gasteiger partial charge in [-0.15, -0.1) is 0 Å². The molecule has 54 heavy (non-hydrogen) atoms. The molecule has 3 N–H and O–H groups in total. The van der Waals surface area contributed by atoms with Crippen LogP contribution < -0.4 is 0 Å². The van der Waals surface area contributed by atoms with Crippen LogP contribution in [0.15, 0.2) is 60.8 Å². The van der Waals surface area contributed by atoms with E-state index in [1.54, 1.807) is 0 Å². The van der Waals surface area contributed by atoms with Gasteiger partial charge >= 0.3 is 19.8 Å². The number of esters is 2. The zero-order valence-electron chi connectivity index (χ0n) is 33.1. The van der Waals surface area contributed by atoms with Crippen LogP contribution in [0.25, 0.3) is 0 Å². The van der Waals surface area contributed by atoms with E-state index in [0.717, 1.165) is 38.5 Å². The molecule has 1 saturated heterocycles. The van der Waals surface area contributed by atoms with Crippen LogP contribution in [0, 0.1) is 0 Å². The second-order valence-corrected chi connectivity index (χ2v) is 15.2. The van der Waals surface area contributed by atoms with Gasteiger partial charge in [-0.25, -0.2) is 4.57 Å². The van der Waals surface area contributed by atoms with E-state index < -0.39 is 51.8 Å². The lowest BCUT2D eigenvalue weighted by Crippen LogP contribution is -2.30. The summed E-state index contributed by atoms with van der Waals surface area (Å²) < 4.78 is 38.3. The number of carbonyl (C=O) groups is 2. The largest absolute Gasteiger partial charge is 0.472 e. The fourth-order valence-electron chi connectivity index (χ4n) is 5.43. The number of hydrogen-bond acceptors (Lipinski definition) is 10. The minimum Gasteiger partial charge on any atom is -0.462 e. The molecule has 5 unspecified atom stereocenters. The minimum atomic E-state index is -4.65. The number of phosphoric ester groups is 1. The Morgan fingerprint density at radius 2 is 1.28 bits per heavy atom. The molecule has 0 amide bonds. The summed E-state index contributed by atoms with van der Waals surface area (Å²) in [5.41, 5.74) is 0. The number of rotatable bonds is 36. The number of ether oxygens (including phenoxy) is 3. The molecule has 12 heteroatoms. The highest BCUT2D eigenvalue weighted by Gasteiger charge is 2.35. The summed E-state index contributed by atoms with van der Waals surface area (Å²) >= 11 is 0. The zero-order valence-corrected chi connectivity index (χ0v) is 34.0. The molecule has 310 valence electrons. The van der Waals surface area contributed by atoms with Crippen LogP contribution in [0.4, 0.5) is 0 Å². The third-order valence-corrected chi connectivity index (χ3v) is 9.60. The maximum Gasteiger partial charge on any atom is 0.472 e. The van der Waals surface area contributed by atoms with Gasteiger partial charge in [0.2, 0.25) is 0 Å². The Morgan fingerprint density at radius 1 is 0.704 bits per heavy atom. The maximum atomic E-state index is 12.6. The smallest absolute Gasteiger partial charge is 0.462 e. The third kappa shape index (κ3) is 30.9. The molecule has 0 aromatic carbocycles. The Labute approximate surface area is 325 Å². The summed E-state index contributed by atoms with van der Waals surface area (Å²) in [6.45, 7) is 2.13. The van der Waals surface area contributed by atoms with Gasteiger partial charge in [0.15, 0.2) is 6.10 Å². The van der Waals surface area contributed by atoms with Crippen LogP contribution >= 0.6 is 7.82 Å². The van der Waals surface area contributed by atoms with Crippen molar-refractivity contribution in [3.05, 3.63) is 60.8 Å². The van der Waals surface area contributed by atoms with Gasteiger partial charge in [0.1, 0.15) is 18.8 Å². The Kier molecular flexibility index (Phi) is 31.2. The summed E-state index contributed by atoms with van der Waals surface area (Å²) in [5, 5.41) is 18.3. The van der Waals surface area contributed by atoms with Gasteiger partial charge in [0.05, 0.1) is 25.9 Å².